The van der Waals surface area contributed by atoms with Gasteiger partial charge in [-0.2, -0.15) is 0 Å². The van der Waals surface area contributed by atoms with Crippen molar-refractivity contribution >= 4 is 22.9 Å². The van der Waals surface area contributed by atoms with Gasteiger partial charge in [0.25, 0.3) is 0 Å². The van der Waals surface area contributed by atoms with Crippen molar-refractivity contribution in [3.05, 3.63) is 56.2 Å². The molecule has 21 heavy (non-hydrogen) atoms. The van der Waals surface area contributed by atoms with Crippen LogP contribution in [0.5, 0.6) is 0 Å². The van der Waals surface area contributed by atoms with Crippen LogP contribution in [0, 0.1) is 0 Å². The summed E-state index contributed by atoms with van der Waals surface area (Å²) in [6.45, 7) is 4.48. The Morgan fingerprint density at radius 2 is 1.76 bits per heavy atom. The van der Waals surface area contributed by atoms with E-state index in [4.69, 9.17) is 11.6 Å². The molecule has 0 spiro atoms. The van der Waals surface area contributed by atoms with Crippen molar-refractivity contribution < 1.29 is 0 Å². The van der Waals surface area contributed by atoms with Crippen LogP contribution in [0.3, 0.4) is 0 Å². The summed E-state index contributed by atoms with van der Waals surface area (Å²) in [5.41, 5.74) is 2.88. The van der Waals surface area contributed by atoms with Crippen LogP contribution in [-0.2, 0) is 12.8 Å². The maximum absolute atomic E-state index is 5.96. The number of thiophene rings is 1. The normalized spacial score (nSPS) is 17.3. The van der Waals surface area contributed by atoms with Gasteiger partial charge >= 0.3 is 0 Å². The van der Waals surface area contributed by atoms with Crippen LogP contribution in [0.15, 0.2) is 30.3 Å². The molecule has 0 bridgehead atoms. The molecule has 1 aromatic heterocycles. The van der Waals surface area contributed by atoms with Crippen LogP contribution in [0.25, 0.3) is 0 Å². The molecule has 1 aliphatic rings. The number of hydrogen-bond acceptors (Lipinski definition) is 2. The molecular formula is C18H22ClNS. The second-order valence-corrected chi connectivity index (χ2v) is 7.57. The molecule has 0 radical (unpaired) electrons. The summed E-state index contributed by atoms with van der Waals surface area (Å²) in [5.74, 6) is 0. The van der Waals surface area contributed by atoms with Gasteiger partial charge < -0.3 is 5.32 Å². The average Bonchev–Trinajstić information content (AvgIpc) is 2.92. The van der Waals surface area contributed by atoms with Crippen LogP contribution < -0.4 is 5.32 Å². The van der Waals surface area contributed by atoms with Crippen molar-refractivity contribution in [1.29, 1.82) is 0 Å². The lowest BCUT2D eigenvalue weighted by Crippen LogP contribution is -2.21. The van der Waals surface area contributed by atoms with E-state index in [0.29, 0.717) is 12.1 Å². The highest BCUT2D eigenvalue weighted by Crippen LogP contribution is 2.33. The maximum Gasteiger partial charge on any atom is 0.0406 e. The fourth-order valence-electron chi connectivity index (χ4n) is 3.03. The van der Waals surface area contributed by atoms with Crippen molar-refractivity contribution in [2.45, 2.75) is 51.6 Å². The van der Waals surface area contributed by atoms with E-state index in [1.54, 1.807) is 10.4 Å². The van der Waals surface area contributed by atoms with Crippen molar-refractivity contribution in [3.8, 4) is 0 Å². The molecule has 1 aliphatic carbocycles. The van der Waals surface area contributed by atoms with Crippen molar-refractivity contribution in [1.82, 2.24) is 5.32 Å². The lowest BCUT2D eigenvalue weighted by molar-refractivity contribution is 0.500. The molecule has 0 saturated carbocycles. The molecule has 0 aliphatic heterocycles. The van der Waals surface area contributed by atoms with Gasteiger partial charge in [0.05, 0.1) is 0 Å². The van der Waals surface area contributed by atoms with Gasteiger partial charge in [0.15, 0.2) is 0 Å². The van der Waals surface area contributed by atoms with Gasteiger partial charge in [0.2, 0.25) is 0 Å². The van der Waals surface area contributed by atoms with Crippen LogP contribution >= 0.6 is 22.9 Å². The van der Waals surface area contributed by atoms with Gasteiger partial charge in [-0.15, -0.1) is 11.3 Å². The maximum atomic E-state index is 5.96. The molecule has 112 valence electrons. The van der Waals surface area contributed by atoms with Crippen LogP contribution in [-0.4, -0.2) is 0 Å². The van der Waals surface area contributed by atoms with Crippen molar-refractivity contribution in [2.24, 2.45) is 0 Å². The highest BCUT2D eigenvalue weighted by atomic mass is 35.5. The van der Waals surface area contributed by atoms with Gasteiger partial charge in [-0.05, 0) is 68.9 Å². The Kier molecular flexibility index (Phi) is 4.68. The second-order valence-electron chi connectivity index (χ2n) is 5.97. The molecule has 1 nitrogen and oxygen atoms in total. The number of benzene rings is 1. The van der Waals surface area contributed by atoms with Gasteiger partial charge in [-0.25, -0.2) is 0 Å². The fourth-order valence-corrected chi connectivity index (χ4v) is 4.43. The Labute approximate surface area is 136 Å². The minimum Gasteiger partial charge on any atom is -0.303 e. The van der Waals surface area contributed by atoms with E-state index >= 15 is 0 Å². The minimum atomic E-state index is 0.330. The van der Waals surface area contributed by atoms with Gasteiger partial charge in [0, 0.05) is 26.9 Å². The van der Waals surface area contributed by atoms with Gasteiger partial charge in [-0.1, -0.05) is 23.7 Å². The summed E-state index contributed by atoms with van der Waals surface area (Å²) in [7, 11) is 0. The van der Waals surface area contributed by atoms with E-state index < -0.39 is 0 Å². The molecule has 2 aromatic rings. The number of hydrogen-bond donors (Lipinski definition) is 1. The standard InChI is InChI=1S/C18H22ClNS/c1-12(14-7-9-16(19)10-8-14)20-13(2)18-11-15-5-3-4-6-17(15)21-18/h7-13,20H,3-6H2,1-2H3/t12-,13?/m0/s1. The van der Waals surface area contributed by atoms with Crippen LogP contribution in [0.1, 0.15) is 59.7 Å². The van der Waals surface area contributed by atoms with Crippen molar-refractivity contribution in [3.63, 3.8) is 0 Å². The Balaban J connectivity index is 1.69. The summed E-state index contributed by atoms with van der Waals surface area (Å²) in [6, 6.07) is 11.3. The number of fused-ring (bicyclic) bond motifs is 1. The number of halogens is 1. The third kappa shape index (κ3) is 3.50. The topological polar surface area (TPSA) is 12.0 Å². The molecule has 1 N–H and O–H groups in total. The number of rotatable bonds is 4. The molecule has 1 aromatic carbocycles. The molecule has 0 fully saturated rings. The van der Waals surface area contributed by atoms with Gasteiger partial charge in [-0.3, -0.25) is 0 Å². The molecule has 1 heterocycles. The lowest BCUT2D eigenvalue weighted by Gasteiger charge is -2.19. The minimum absolute atomic E-state index is 0.330. The smallest absolute Gasteiger partial charge is 0.0406 e. The van der Waals surface area contributed by atoms with E-state index in [0.717, 1.165) is 5.02 Å². The first kappa shape index (κ1) is 15.1. The summed E-state index contributed by atoms with van der Waals surface area (Å²) in [4.78, 5) is 3.09. The first-order chi connectivity index (χ1) is 10.1. The molecular weight excluding hydrogens is 298 g/mol. The summed E-state index contributed by atoms with van der Waals surface area (Å²) < 4.78 is 0. The highest BCUT2D eigenvalue weighted by molar-refractivity contribution is 7.12. The Morgan fingerprint density at radius 1 is 1.05 bits per heavy atom. The third-order valence-corrected chi connectivity index (χ3v) is 5.98. The summed E-state index contributed by atoms with van der Waals surface area (Å²) >= 11 is 7.96. The molecule has 2 atom stereocenters. The monoisotopic (exact) mass is 319 g/mol. The van der Waals surface area contributed by atoms with Crippen LogP contribution in [0.4, 0.5) is 0 Å². The molecule has 0 amide bonds. The Hall–Kier alpha value is -0.830. The average molecular weight is 320 g/mol. The quantitative estimate of drug-likeness (QED) is 0.763. The zero-order chi connectivity index (χ0) is 14.8. The SMILES string of the molecule is CC(N[C@@H](C)c1ccc(Cl)cc1)c1cc2c(s1)CCCC2. The van der Waals surface area contributed by atoms with E-state index in [9.17, 15) is 0 Å². The Morgan fingerprint density at radius 3 is 2.48 bits per heavy atom. The highest BCUT2D eigenvalue weighted by Gasteiger charge is 2.18. The largest absolute Gasteiger partial charge is 0.303 e. The molecule has 0 saturated heterocycles. The van der Waals surface area contributed by atoms with Gasteiger partial charge in [0.1, 0.15) is 0 Å². The molecule has 1 unspecified atom stereocenters. The van der Waals surface area contributed by atoms with Crippen molar-refractivity contribution in [2.75, 3.05) is 0 Å². The fraction of sp³-hybridized carbons (Fsp3) is 0.444. The Bertz CT molecular complexity index is 579. The van der Waals surface area contributed by atoms with E-state index in [1.165, 1.54) is 36.1 Å². The number of aryl methyl sites for hydroxylation is 2. The number of nitrogens with one attached hydrogen (secondary N) is 1. The predicted octanol–water partition coefficient (Wildman–Crippen LogP) is 5.69. The summed E-state index contributed by atoms with van der Waals surface area (Å²) in [5, 5.41) is 4.50. The first-order valence-electron chi connectivity index (χ1n) is 7.76. The van der Waals surface area contributed by atoms with E-state index in [1.807, 2.05) is 23.5 Å². The zero-order valence-electron chi connectivity index (χ0n) is 12.7. The molecule has 3 heteroatoms. The first-order valence-corrected chi connectivity index (χ1v) is 8.96. The third-order valence-electron chi connectivity index (χ3n) is 4.31. The predicted molar refractivity (Wildman–Crippen MR) is 92.4 cm³/mol. The van der Waals surface area contributed by atoms with E-state index in [-0.39, 0.29) is 0 Å². The molecule has 3 rings (SSSR count). The van der Waals surface area contributed by atoms with E-state index in [2.05, 4.69) is 37.4 Å². The lowest BCUT2D eigenvalue weighted by atomic mass is 9.99. The second kappa shape index (κ2) is 6.51. The summed E-state index contributed by atoms with van der Waals surface area (Å²) in [6.07, 6.45) is 5.26. The zero-order valence-corrected chi connectivity index (χ0v) is 14.2. The van der Waals surface area contributed by atoms with Crippen LogP contribution in [0.2, 0.25) is 5.02 Å².